The average molecular weight is 337 g/mol. The summed E-state index contributed by atoms with van der Waals surface area (Å²) in [6.45, 7) is 2.84. The van der Waals surface area contributed by atoms with Crippen molar-refractivity contribution in [3.05, 3.63) is 54.1 Å². The second kappa shape index (κ2) is 6.51. The number of hydrogen-bond donors (Lipinski definition) is 0. The number of imidazole rings is 1. The van der Waals surface area contributed by atoms with E-state index in [9.17, 15) is 4.79 Å². The molecule has 1 aromatic carbocycles. The SMILES string of the molecule is Cc1nonc1[C@@H]1CCCN1C(=O)Cn1ccnc1-c1ccccc1. The Kier molecular flexibility index (Phi) is 4.05. The van der Waals surface area contributed by atoms with Crippen LogP contribution in [0.25, 0.3) is 11.4 Å². The lowest BCUT2D eigenvalue weighted by atomic mass is 10.1. The second-order valence-corrected chi connectivity index (χ2v) is 6.22. The van der Waals surface area contributed by atoms with E-state index >= 15 is 0 Å². The highest BCUT2D eigenvalue weighted by molar-refractivity contribution is 5.77. The van der Waals surface area contributed by atoms with E-state index in [0.717, 1.165) is 42.2 Å². The molecule has 0 saturated carbocycles. The zero-order valence-corrected chi connectivity index (χ0v) is 14.0. The molecule has 3 aromatic rings. The van der Waals surface area contributed by atoms with E-state index in [2.05, 4.69) is 15.3 Å². The Morgan fingerprint density at radius 1 is 1.28 bits per heavy atom. The van der Waals surface area contributed by atoms with Crippen LogP contribution < -0.4 is 0 Å². The molecule has 0 radical (unpaired) electrons. The summed E-state index contributed by atoms with van der Waals surface area (Å²) in [5, 5.41) is 7.84. The molecule has 128 valence electrons. The van der Waals surface area contributed by atoms with E-state index in [-0.39, 0.29) is 18.5 Å². The maximum Gasteiger partial charge on any atom is 0.243 e. The molecule has 0 spiro atoms. The van der Waals surface area contributed by atoms with E-state index in [0.29, 0.717) is 0 Å². The van der Waals surface area contributed by atoms with Crippen LogP contribution in [-0.2, 0) is 11.3 Å². The van der Waals surface area contributed by atoms with Gasteiger partial charge >= 0.3 is 0 Å². The summed E-state index contributed by atoms with van der Waals surface area (Å²) in [6.07, 6.45) is 5.41. The number of nitrogens with zero attached hydrogens (tertiary/aromatic N) is 5. The van der Waals surface area contributed by atoms with Crippen molar-refractivity contribution in [2.45, 2.75) is 32.4 Å². The van der Waals surface area contributed by atoms with Gasteiger partial charge in [0.1, 0.15) is 23.8 Å². The van der Waals surface area contributed by atoms with Crippen molar-refractivity contribution in [1.82, 2.24) is 24.8 Å². The number of carbonyl (C=O) groups excluding carboxylic acids is 1. The van der Waals surface area contributed by atoms with Gasteiger partial charge in [-0.2, -0.15) is 0 Å². The normalized spacial score (nSPS) is 17.2. The fourth-order valence-corrected chi connectivity index (χ4v) is 3.41. The van der Waals surface area contributed by atoms with Crippen molar-refractivity contribution >= 4 is 5.91 Å². The third-order valence-electron chi connectivity index (χ3n) is 4.63. The van der Waals surface area contributed by atoms with Crippen LogP contribution in [0.4, 0.5) is 0 Å². The molecule has 7 nitrogen and oxygen atoms in total. The second-order valence-electron chi connectivity index (χ2n) is 6.22. The first-order valence-electron chi connectivity index (χ1n) is 8.39. The van der Waals surface area contributed by atoms with E-state index in [1.807, 2.05) is 52.9 Å². The first kappa shape index (κ1) is 15.6. The number of carbonyl (C=O) groups is 1. The predicted molar refractivity (Wildman–Crippen MR) is 90.4 cm³/mol. The monoisotopic (exact) mass is 337 g/mol. The molecule has 2 aromatic heterocycles. The minimum atomic E-state index is -0.0533. The van der Waals surface area contributed by atoms with Crippen LogP contribution in [0, 0.1) is 6.92 Å². The highest BCUT2D eigenvalue weighted by Gasteiger charge is 2.33. The lowest BCUT2D eigenvalue weighted by Gasteiger charge is -2.23. The average Bonchev–Trinajstić information content (AvgIpc) is 3.35. The quantitative estimate of drug-likeness (QED) is 0.731. The number of aryl methyl sites for hydroxylation is 1. The molecule has 0 bridgehead atoms. The molecule has 1 fully saturated rings. The van der Waals surface area contributed by atoms with Gasteiger partial charge in [-0.3, -0.25) is 4.79 Å². The Morgan fingerprint density at radius 2 is 2.12 bits per heavy atom. The molecule has 25 heavy (non-hydrogen) atoms. The first-order chi connectivity index (χ1) is 12.2. The number of likely N-dealkylation sites (tertiary alicyclic amines) is 1. The summed E-state index contributed by atoms with van der Waals surface area (Å²) in [5.41, 5.74) is 2.51. The Bertz CT molecular complexity index is 870. The number of hydrogen-bond acceptors (Lipinski definition) is 5. The molecule has 0 unspecified atom stereocenters. The van der Waals surface area contributed by atoms with Crippen molar-refractivity contribution in [3.8, 4) is 11.4 Å². The molecule has 7 heteroatoms. The minimum absolute atomic E-state index is 0.0533. The summed E-state index contributed by atoms with van der Waals surface area (Å²) in [4.78, 5) is 19.2. The lowest BCUT2D eigenvalue weighted by Crippen LogP contribution is -2.33. The molecule has 3 heterocycles. The molecule has 1 aliphatic rings. The van der Waals surface area contributed by atoms with Crippen LogP contribution in [0.2, 0.25) is 0 Å². The summed E-state index contributed by atoms with van der Waals surface area (Å²) in [7, 11) is 0. The summed E-state index contributed by atoms with van der Waals surface area (Å²) < 4.78 is 6.71. The maximum absolute atomic E-state index is 12.9. The van der Waals surface area contributed by atoms with Crippen molar-refractivity contribution in [2.24, 2.45) is 0 Å². The minimum Gasteiger partial charge on any atom is -0.332 e. The van der Waals surface area contributed by atoms with Gasteiger partial charge in [-0.05, 0) is 19.8 Å². The largest absolute Gasteiger partial charge is 0.332 e. The highest BCUT2D eigenvalue weighted by Crippen LogP contribution is 2.32. The highest BCUT2D eigenvalue weighted by atomic mass is 16.6. The maximum atomic E-state index is 12.9. The van der Waals surface area contributed by atoms with Crippen LogP contribution in [0.5, 0.6) is 0 Å². The predicted octanol–water partition coefficient (Wildman–Crippen LogP) is 2.61. The van der Waals surface area contributed by atoms with Crippen molar-refractivity contribution < 1.29 is 9.42 Å². The molecule has 1 atom stereocenters. The van der Waals surface area contributed by atoms with Crippen LogP contribution in [0.3, 0.4) is 0 Å². The fraction of sp³-hybridized carbons (Fsp3) is 0.333. The standard InChI is InChI=1S/C18H19N5O2/c1-13-17(21-25-20-13)15-8-5-10-23(15)16(24)12-22-11-9-19-18(22)14-6-3-2-4-7-14/h2-4,6-7,9,11,15H,5,8,10,12H2,1H3/t15-/m0/s1. The summed E-state index contributed by atoms with van der Waals surface area (Å²) in [6, 6.07) is 9.83. The molecule has 0 aliphatic carbocycles. The number of amides is 1. The molecule has 0 N–H and O–H groups in total. The topological polar surface area (TPSA) is 77.0 Å². The number of aromatic nitrogens is 4. The Balaban J connectivity index is 1.55. The fourth-order valence-electron chi connectivity index (χ4n) is 3.41. The van der Waals surface area contributed by atoms with E-state index < -0.39 is 0 Å². The number of rotatable bonds is 4. The first-order valence-corrected chi connectivity index (χ1v) is 8.39. The van der Waals surface area contributed by atoms with Crippen molar-refractivity contribution in [3.63, 3.8) is 0 Å². The molecule has 1 saturated heterocycles. The van der Waals surface area contributed by atoms with E-state index in [1.165, 1.54) is 0 Å². The van der Waals surface area contributed by atoms with E-state index in [1.54, 1.807) is 6.20 Å². The third-order valence-corrected chi connectivity index (χ3v) is 4.63. The van der Waals surface area contributed by atoms with Gasteiger partial charge in [0.25, 0.3) is 0 Å². The van der Waals surface area contributed by atoms with Gasteiger partial charge in [0.05, 0.1) is 6.04 Å². The van der Waals surface area contributed by atoms with Crippen LogP contribution in [-0.4, -0.2) is 37.2 Å². The van der Waals surface area contributed by atoms with Crippen LogP contribution in [0.1, 0.15) is 30.3 Å². The van der Waals surface area contributed by atoms with Crippen LogP contribution in [0.15, 0.2) is 47.4 Å². The summed E-state index contributed by atoms with van der Waals surface area (Å²) in [5.74, 6) is 0.851. The van der Waals surface area contributed by atoms with Gasteiger partial charge in [-0.15, -0.1) is 0 Å². The van der Waals surface area contributed by atoms with Gasteiger partial charge in [0, 0.05) is 24.5 Å². The molecular weight excluding hydrogens is 318 g/mol. The third kappa shape index (κ3) is 2.93. The smallest absolute Gasteiger partial charge is 0.243 e. The lowest BCUT2D eigenvalue weighted by molar-refractivity contribution is -0.132. The van der Waals surface area contributed by atoms with Crippen molar-refractivity contribution in [2.75, 3.05) is 6.54 Å². The van der Waals surface area contributed by atoms with Crippen molar-refractivity contribution in [1.29, 1.82) is 0 Å². The number of benzene rings is 1. The van der Waals surface area contributed by atoms with Gasteiger partial charge in [-0.25, -0.2) is 9.61 Å². The van der Waals surface area contributed by atoms with Gasteiger partial charge in [0.2, 0.25) is 5.91 Å². The molecule has 4 rings (SSSR count). The molecular formula is C18H19N5O2. The Hall–Kier alpha value is -2.96. The Labute approximate surface area is 145 Å². The molecule has 1 amide bonds. The van der Waals surface area contributed by atoms with Gasteiger partial charge in [0.15, 0.2) is 0 Å². The molecule has 1 aliphatic heterocycles. The van der Waals surface area contributed by atoms with Gasteiger partial charge < -0.3 is 9.47 Å². The van der Waals surface area contributed by atoms with E-state index in [4.69, 9.17) is 4.63 Å². The van der Waals surface area contributed by atoms with Crippen LogP contribution >= 0.6 is 0 Å². The summed E-state index contributed by atoms with van der Waals surface area (Å²) >= 11 is 0. The Morgan fingerprint density at radius 3 is 2.88 bits per heavy atom. The zero-order chi connectivity index (χ0) is 17.2. The zero-order valence-electron chi connectivity index (χ0n) is 14.0. The van der Waals surface area contributed by atoms with Gasteiger partial charge in [-0.1, -0.05) is 40.6 Å².